The highest BCUT2D eigenvalue weighted by Crippen LogP contribution is 2.34. The fraction of sp³-hybridized carbons (Fsp3) is 0.467. The van der Waals surface area contributed by atoms with Crippen LogP contribution in [-0.2, 0) is 16.1 Å². The Balaban J connectivity index is 1.83. The zero-order valence-corrected chi connectivity index (χ0v) is 12.2. The van der Waals surface area contributed by atoms with E-state index in [1.165, 1.54) is 17.0 Å². The van der Waals surface area contributed by atoms with Gasteiger partial charge in [0.1, 0.15) is 11.9 Å². The molecule has 2 amide bonds. The van der Waals surface area contributed by atoms with Gasteiger partial charge in [-0.1, -0.05) is 17.7 Å². The Hall–Kier alpha value is -1.62. The largest absolute Gasteiger partial charge is 0.344 e. The second kappa shape index (κ2) is 5.64. The van der Waals surface area contributed by atoms with Crippen LogP contribution in [0.25, 0.3) is 0 Å². The Morgan fingerprint density at radius 3 is 2.76 bits per heavy atom. The smallest absolute Gasteiger partial charge is 0.245 e. The van der Waals surface area contributed by atoms with Crippen molar-refractivity contribution >= 4 is 23.4 Å². The van der Waals surface area contributed by atoms with E-state index >= 15 is 0 Å². The van der Waals surface area contributed by atoms with E-state index in [2.05, 4.69) is 5.32 Å². The number of rotatable bonds is 3. The molecule has 2 fully saturated rings. The Morgan fingerprint density at radius 1 is 1.33 bits per heavy atom. The van der Waals surface area contributed by atoms with E-state index in [-0.39, 0.29) is 30.7 Å². The first-order valence-corrected chi connectivity index (χ1v) is 7.45. The SMILES string of the molecule is O=C1CCN(Cc2c(F)cccc2Cl)C(=O)C(C2CC2)N1. The summed E-state index contributed by atoms with van der Waals surface area (Å²) in [6.45, 7) is 0.390. The molecule has 1 N–H and O–H groups in total. The lowest BCUT2D eigenvalue weighted by Crippen LogP contribution is -2.45. The average Bonchev–Trinajstić information content (AvgIpc) is 3.27. The quantitative estimate of drug-likeness (QED) is 0.929. The lowest BCUT2D eigenvalue weighted by atomic mass is 10.1. The molecule has 0 bridgehead atoms. The van der Waals surface area contributed by atoms with Crippen molar-refractivity contribution < 1.29 is 14.0 Å². The third kappa shape index (κ3) is 3.02. The van der Waals surface area contributed by atoms with Gasteiger partial charge < -0.3 is 10.2 Å². The van der Waals surface area contributed by atoms with Gasteiger partial charge in [-0.15, -0.1) is 0 Å². The van der Waals surface area contributed by atoms with Crippen LogP contribution < -0.4 is 5.32 Å². The highest BCUT2D eigenvalue weighted by atomic mass is 35.5. The molecular formula is C15H16ClFN2O2. The fourth-order valence-electron chi connectivity index (χ4n) is 2.63. The van der Waals surface area contributed by atoms with Crippen LogP contribution in [0.1, 0.15) is 24.8 Å². The van der Waals surface area contributed by atoms with E-state index in [4.69, 9.17) is 11.6 Å². The molecule has 1 saturated carbocycles. The highest BCUT2D eigenvalue weighted by Gasteiger charge is 2.41. The zero-order valence-electron chi connectivity index (χ0n) is 11.4. The third-order valence-electron chi connectivity index (χ3n) is 4.01. The van der Waals surface area contributed by atoms with E-state index in [0.717, 1.165) is 12.8 Å². The molecule has 0 aromatic heterocycles. The van der Waals surface area contributed by atoms with E-state index in [1.807, 2.05) is 0 Å². The molecule has 0 radical (unpaired) electrons. The molecule has 0 spiro atoms. The van der Waals surface area contributed by atoms with Crippen LogP contribution in [0, 0.1) is 11.7 Å². The molecule has 1 aliphatic heterocycles. The van der Waals surface area contributed by atoms with E-state index in [0.29, 0.717) is 17.1 Å². The van der Waals surface area contributed by atoms with Crippen LogP contribution in [-0.4, -0.2) is 29.3 Å². The first-order chi connectivity index (χ1) is 10.1. The maximum Gasteiger partial charge on any atom is 0.245 e. The summed E-state index contributed by atoms with van der Waals surface area (Å²) < 4.78 is 13.9. The molecule has 3 rings (SSSR count). The van der Waals surface area contributed by atoms with Gasteiger partial charge in [0.2, 0.25) is 11.8 Å². The van der Waals surface area contributed by atoms with Gasteiger partial charge in [0.25, 0.3) is 0 Å². The molecule has 1 aliphatic carbocycles. The molecule has 1 unspecified atom stereocenters. The molecular weight excluding hydrogens is 295 g/mol. The molecule has 21 heavy (non-hydrogen) atoms. The van der Waals surface area contributed by atoms with Crippen molar-refractivity contribution in [1.82, 2.24) is 10.2 Å². The molecule has 1 atom stereocenters. The van der Waals surface area contributed by atoms with Gasteiger partial charge in [-0.05, 0) is 30.9 Å². The fourth-order valence-corrected chi connectivity index (χ4v) is 2.85. The van der Waals surface area contributed by atoms with Gasteiger partial charge in [-0.25, -0.2) is 4.39 Å². The minimum absolute atomic E-state index is 0.0997. The predicted molar refractivity (Wildman–Crippen MR) is 76.1 cm³/mol. The van der Waals surface area contributed by atoms with Crippen LogP contribution in [0.15, 0.2) is 18.2 Å². The second-order valence-corrected chi connectivity index (χ2v) is 6.00. The number of carbonyl (C=O) groups excluding carboxylic acids is 2. The first-order valence-electron chi connectivity index (χ1n) is 7.07. The van der Waals surface area contributed by atoms with Crippen molar-refractivity contribution in [3.8, 4) is 0 Å². The van der Waals surface area contributed by atoms with Gasteiger partial charge in [0.15, 0.2) is 0 Å². The minimum atomic E-state index is -0.467. The van der Waals surface area contributed by atoms with E-state index in [1.54, 1.807) is 6.07 Å². The molecule has 112 valence electrons. The topological polar surface area (TPSA) is 49.4 Å². The lowest BCUT2D eigenvalue weighted by Gasteiger charge is -2.24. The predicted octanol–water partition coefficient (Wildman–Crippen LogP) is 2.11. The summed E-state index contributed by atoms with van der Waals surface area (Å²) >= 11 is 6.02. The maximum absolute atomic E-state index is 13.9. The van der Waals surface area contributed by atoms with Crippen molar-refractivity contribution in [2.24, 2.45) is 5.92 Å². The Bertz CT molecular complexity index is 569. The van der Waals surface area contributed by atoms with Gasteiger partial charge in [-0.2, -0.15) is 0 Å². The summed E-state index contributed by atoms with van der Waals surface area (Å²) in [6.07, 6.45) is 2.14. The Morgan fingerprint density at radius 2 is 2.10 bits per heavy atom. The summed E-state index contributed by atoms with van der Waals surface area (Å²) in [5, 5.41) is 3.08. The molecule has 1 aromatic carbocycles. The molecule has 1 aromatic rings. The summed E-state index contributed by atoms with van der Waals surface area (Å²) in [5.41, 5.74) is 0.302. The number of hydrogen-bond donors (Lipinski definition) is 1. The number of carbonyl (C=O) groups is 2. The number of hydrogen-bond acceptors (Lipinski definition) is 2. The number of benzene rings is 1. The highest BCUT2D eigenvalue weighted by molar-refractivity contribution is 6.31. The van der Waals surface area contributed by atoms with Gasteiger partial charge in [0.05, 0.1) is 6.54 Å². The second-order valence-electron chi connectivity index (χ2n) is 5.59. The van der Waals surface area contributed by atoms with Crippen LogP contribution in [0.4, 0.5) is 4.39 Å². The summed E-state index contributed by atoms with van der Waals surface area (Å²) in [5.74, 6) is -0.468. The monoisotopic (exact) mass is 310 g/mol. The standard InChI is InChI=1S/C15H16ClFN2O2/c16-11-2-1-3-12(17)10(11)8-19-7-6-13(20)18-14(15(19)21)9-4-5-9/h1-3,9,14H,4-8H2,(H,18,20). The van der Waals surface area contributed by atoms with Crippen molar-refractivity contribution in [2.75, 3.05) is 6.54 Å². The van der Waals surface area contributed by atoms with Crippen molar-refractivity contribution in [2.45, 2.75) is 31.8 Å². The van der Waals surface area contributed by atoms with Crippen LogP contribution in [0.2, 0.25) is 5.02 Å². The zero-order chi connectivity index (χ0) is 15.0. The normalized spacial score (nSPS) is 23.0. The summed E-state index contributed by atoms with van der Waals surface area (Å²) in [6, 6.07) is 3.99. The van der Waals surface area contributed by atoms with Crippen LogP contribution in [0.5, 0.6) is 0 Å². The summed E-state index contributed by atoms with van der Waals surface area (Å²) in [4.78, 5) is 25.8. The van der Waals surface area contributed by atoms with Crippen molar-refractivity contribution in [3.63, 3.8) is 0 Å². The van der Waals surface area contributed by atoms with Gasteiger partial charge in [-0.3, -0.25) is 9.59 Å². The van der Waals surface area contributed by atoms with Gasteiger partial charge in [0, 0.05) is 23.6 Å². The number of amides is 2. The van der Waals surface area contributed by atoms with Crippen LogP contribution in [0.3, 0.4) is 0 Å². The summed E-state index contributed by atoms with van der Waals surface area (Å²) in [7, 11) is 0. The van der Waals surface area contributed by atoms with Gasteiger partial charge >= 0.3 is 0 Å². The van der Waals surface area contributed by atoms with E-state index < -0.39 is 11.9 Å². The molecule has 2 aliphatic rings. The Kier molecular flexibility index (Phi) is 3.85. The number of halogens is 2. The van der Waals surface area contributed by atoms with Crippen molar-refractivity contribution in [3.05, 3.63) is 34.6 Å². The average molecular weight is 311 g/mol. The van der Waals surface area contributed by atoms with Crippen molar-refractivity contribution in [1.29, 1.82) is 0 Å². The number of nitrogens with zero attached hydrogens (tertiary/aromatic N) is 1. The molecule has 6 heteroatoms. The molecule has 1 saturated heterocycles. The maximum atomic E-state index is 13.9. The Labute approximate surface area is 127 Å². The first kappa shape index (κ1) is 14.3. The van der Waals surface area contributed by atoms with Crippen LogP contribution >= 0.6 is 11.6 Å². The number of nitrogens with one attached hydrogen (secondary N) is 1. The third-order valence-corrected chi connectivity index (χ3v) is 4.36. The minimum Gasteiger partial charge on any atom is -0.344 e. The van der Waals surface area contributed by atoms with E-state index in [9.17, 15) is 14.0 Å². The molecule has 1 heterocycles. The lowest BCUT2D eigenvalue weighted by molar-refractivity contribution is -0.134. The molecule has 4 nitrogen and oxygen atoms in total.